The Hall–Kier alpha value is -0.268. The van der Waals surface area contributed by atoms with Crippen LogP contribution in [0.3, 0.4) is 0 Å². The maximum absolute atomic E-state index is 12.2. The molecule has 0 aromatic heterocycles. The van der Waals surface area contributed by atoms with E-state index in [1.165, 1.54) is 0 Å². The van der Waals surface area contributed by atoms with E-state index < -0.39 is 14.1 Å². The van der Waals surface area contributed by atoms with Crippen LogP contribution in [-0.4, -0.2) is 4.65 Å². The van der Waals surface area contributed by atoms with Gasteiger partial charge in [0.05, 0.1) is 0 Å². The number of nitrogens with two attached hydrogens (primary N) is 1. The van der Waals surface area contributed by atoms with Crippen LogP contribution in [-0.2, 0) is 9.46 Å². The first kappa shape index (κ1) is 13.2. The molecule has 0 aliphatic rings. The molecule has 17 heavy (non-hydrogen) atoms. The molecule has 0 spiro atoms. The standard InChI is InChI=1S/C11H7O.3ClH.Cr.H2N/c12-8-10-6-3-5-9-4-1-2-7-11(9)10;;;;;/h1-7H;3*1H;;1H2/q;;;;+4;-1/p-3. The summed E-state index contributed by atoms with van der Waals surface area (Å²) in [5.41, 5.74) is 0.366. The van der Waals surface area contributed by atoms with Crippen molar-refractivity contribution < 1.29 is 14.3 Å². The van der Waals surface area contributed by atoms with E-state index in [9.17, 15) is 4.79 Å². The first-order valence-electron chi connectivity index (χ1n) is 4.68. The Balaban J connectivity index is 2.69. The summed E-state index contributed by atoms with van der Waals surface area (Å²) in [6.45, 7) is 0. The zero-order chi connectivity index (χ0) is 12.7. The van der Waals surface area contributed by atoms with Crippen molar-refractivity contribution in [1.82, 2.24) is 0 Å². The van der Waals surface area contributed by atoms with Crippen LogP contribution in [0.15, 0.2) is 42.5 Å². The molecule has 6 heteroatoms. The second-order valence-corrected chi connectivity index (χ2v) is 16.5. The minimum absolute atomic E-state index is 0.366. The summed E-state index contributed by atoms with van der Waals surface area (Å²) in [7, 11) is 12.7. The Morgan fingerprint density at radius 1 is 1.00 bits per heavy atom. The molecule has 0 bridgehead atoms. The zero-order valence-electron chi connectivity index (χ0n) is 8.57. The van der Waals surface area contributed by atoms with Gasteiger partial charge in [0.1, 0.15) is 0 Å². The van der Waals surface area contributed by atoms with Crippen molar-refractivity contribution in [2.24, 2.45) is 4.72 Å². The van der Waals surface area contributed by atoms with Crippen LogP contribution in [0, 0.1) is 0 Å². The summed E-state index contributed by atoms with van der Waals surface area (Å²) < 4.78 is 4.98. The second kappa shape index (κ2) is 4.14. The third-order valence-corrected chi connectivity index (χ3v) is 5.39. The van der Waals surface area contributed by atoms with E-state index in [2.05, 4.69) is 0 Å². The van der Waals surface area contributed by atoms with Crippen LogP contribution in [0.4, 0.5) is 0 Å². The second-order valence-electron chi connectivity index (χ2n) is 3.61. The molecular formula is C11H9Cl3CrNO. The van der Waals surface area contributed by atoms with Gasteiger partial charge in [-0.15, -0.1) is 0 Å². The van der Waals surface area contributed by atoms with Gasteiger partial charge in [-0.25, -0.2) is 0 Å². The number of rotatable bonds is 2. The molecule has 0 atom stereocenters. The van der Waals surface area contributed by atoms with Crippen molar-refractivity contribution in [3.63, 3.8) is 0 Å². The van der Waals surface area contributed by atoms with Crippen molar-refractivity contribution in [1.29, 1.82) is 0 Å². The van der Waals surface area contributed by atoms with Gasteiger partial charge in [-0.3, -0.25) is 0 Å². The summed E-state index contributed by atoms with van der Waals surface area (Å²) >= 11 is 0. The average Bonchev–Trinajstić information content (AvgIpc) is 2.25. The fourth-order valence-electron chi connectivity index (χ4n) is 1.59. The quantitative estimate of drug-likeness (QED) is 0.905. The van der Waals surface area contributed by atoms with Crippen molar-refractivity contribution >= 4 is 45.6 Å². The minimum atomic E-state index is -4.72. The fraction of sp³-hybridized carbons (Fsp3) is 0. The van der Waals surface area contributed by atoms with Gasteiger partial charge < -0.3 is 0 Å². The molecule has 2 N–H and O–H groups in total. The van der Waals surface area contributed by atoms with Gasteiger partial charge in [0.15, 0.2) is 0 Å². The van der Waals surface area contributed by atoms with E-state index in [0.717, 1.165) is 10.8 Å². The third-order valence-electron chi connectivity index (χ3n) is 2.33. The van der Waals surface area contributed by atoms with Gasteiger partial charge in [0.2, 0.25) is 0 Å². The van der Waals surface area contributed by atoms with E-state index in [4.69, 9.17) is 34.9 Å². The Bertz CT molecular complexity index is 592. The predicted molar refractivity (Wildman–Crippen MR) is 70.0 cm³/mol. The van der Waals surface area contributed by atoms with E-state index in [0.29, 0.717) is 5.56 Å². The Morgan fingerprint density at radius 2 is 1.59 bits per heavy atom. The van der Waals surface area contributed by atoms with Gasteiger partial charge >= 0.3 is 113 Å². The Labute approximate surface area is 112 Å². The van der Waals surface area contributed by atoms with Crippen LogP contribution in [0.2, 0.25) is 0 Å². The van der Waals surface area contributed by atoms with Crippen LogP contribution < -0.4 is 4.72 Å². The molecular weight excluding hydrogens is 320 g/mol. The number of hydrogen-bond acceptors (Lipinski definition) is 2. The van der Waals surface area contributed by atoms with Crippen molar-refractivity contribution in [2.75, 3.05) is 0 Å². The van der Waals surface area contributed by atoms with Crippen molar-refractivity contribution in [2.45, 2.75) is 0 Å². The molecule has 0 unspecified atom stereocenters. The predicted octanol–water partition coefficient (Wildman–Crippen LogP) is 4.00. The molecule has 91 valence electrons. The molecule has 0 amide bonds. The number of benzene rings is 2. The summed E-state index contributed by atoms with van der Waals surface area (Å²) in [4.78, 5) is 12.2. The molecule has 2 rings (SSSR count). The monoisotopic (exact) mass is 328 g/mol. The van der Waals surface area contributed by atoms with Crippen LogP contribution in [0.25, 0.3) is 10.8 Å². The topological polar surface area (TPSA) is 43.1 Å². The molecule has 2 aromatic carbocycles. The Kier molecular flexibility index (Phi) is 3.20. The first-order chi connectivity index (χ1) is 7.76. The van der Waals surface area contributed by atoms with Crippen LogP contribution in [0.5, 0.6) is 0 Å². The van der Waals surface area contributed by atoms with Gasteiger partial charge in [-0.1, -0.05) is 0 Å². The molecule has 0 heterocycles. The number of carbonyl (C=O) groups is 1. The molecule has 0 radical (unpaired) electrons. The number of carbonyl (C=O) groups excluding carboxylic acids is 1. The first-order valence-corrected chi connectivity index (χ1v) is 11.3. The molecule has 2 nitrogen and oxygen atoms in total. The molecule has 0 saturated carbocycles. The molecule has 0 fully saturated rings. The molecule has 0 saturated heterocycles. The fourth-order valence-corrected chi connectivity index (χ4v) is 3.49. The van der Waals surface area contributed by atoms with Crippen molar-refractivity contribution in [3.05, 3.63) is 48.0 Å². The van der Waals surface area contributed by atoms with Gasteiger partial charge in [-0.2, -0.15) is 0 Å². The molecule has 0 aliphatic heterocycles. The zero-order valence-corrected chi connectivity index (χ0v) is 12.1. The maximum atomic E-state index is 12.2. The average molecular weight is 330 g/mol. The summed E-state index contributed by atoms with van der Waals surface area (Å²) in [6, 6.07) is 12.7. The van der Waals surface area contributed by atoms with E-state index in [1.807, 2.05) is 24.3 Å². The molecule has 2 aromatic rings. The van der Waals surface area contributed by atoms with E-state index in [-0.39, 0.29) is 0 Å². The normalized spacial score (nSPS) is 14.2. The number of hydrogen-bond donors (Lipinski definition) is 1. The number of fused-ring (bicyclic) bond motifs is 1. The summed E-state index contributed by atoms with van der Waals surface area (Å²) in [6.07, 6.45) is 0. The van der Waals surface area contributed by atoms with Crippen LogP contribution >= 0.6 is 30.1 Å². The third kappa shape index (κ3) is 2.77. The number of halogens is 3. The van der Waals surface area contributed by atoms with Gasteiger partial charge in [-0.05, 0) is 0 Å². The summed E-state index contributed by atoms with van der Waals surface area (Å²) in [5.74, 6) is 0. The Morgan fingerprint density at radius 3 is 2.24 bits per heavy atom. The van der Waals surface area contributed by atoms with Gasteiger partial charge in [0, 0.05) is 0 Å². The van der Waals surface area contributed by atoms with E-state index >= 15 is 0 Å². The SMILES string of the molecule is [NH2][Cr]([Cl])([Cl])([Cl])[C](=O)c1cccc2ccccc12. The van der Waals surface area contributed by atoms with Gasteiger partial charge in [0.25, 0.3) is 0 Å². The van der Waals surface area contributed by atoms with E-state index in [1.54, 1.807) is 18.2 Å². The van der Waals surface area contributed by atoms with Crippen molar-refractivity contribution in [3.8, 4) is 0 Å². The van der Waals surface area contributed by atoms with Crippen LogP contribution in [0.1, 0.15) is 10.4 Å². The molecule has 0 aliphatic carbocycles. The summed E-state index contributed by atoms with van der Waals surface area (Å²) in [5, 5.41) is 1.66.